The maximum absolute atomic E-state index is 13.7. The quantitative estimate of drug-likeness (QED) is 0.176. The molecule has 4 aromatic rings. The lowest BCUT2D eigenvalue weighted by atomic mass is 10.0. The Morgan fingerprint density at radius 3 is 2.28 bits per heavy atom. The molecule has 2 N–H and O–H groups in total. The van der Waals surface area contributed by atoms with Crippen LogP contribution >= 0.6 is 15.9 Å². The van der Waals surface area contributed by atoms with Crippen molar-refractivity contribution in [3.05, 3.63) is 101 Å². The van der Waals surface area contributed by atoms with Gasteiger partial charge in [0.15, 0.2) is 0 Å². The second-order valence-electron chi connectivity index (χ2n) is 10.3. The van der Waals surface area contributed by atoms with Crippen molar-refractivity contribution in [2.24, 2.45) is 0 Å². The summed E-state index contributed by atoms with van der Waals surface area (Å²) < 4.78 is 11.6. The predicted octanol–water partition coefficient (Wildman–Crippen LogP) is 7.23. The minimum absolute atomic E-state index is 0.0150. The highest BCUT2D eigenvalue weighted by atomic mass is 79.9. The number of para-hydroxylation sites is 2. The molecule has 9 heteroatoms. The van der Waals surface area contributed by atoms with E-state index < -0.39 is 5.97 Å². The van der Waals surface area contributed by atoms with Gasteiger partial charge in [0.05, 0.1) is 37.7 Å². The number of carboxylic acid groups (broad SMARTS) is 1. The topological polar surface area (TPSA) is 91.3 Å². The number of piperidine rings is 1. The van der Waals surface area contributed by atoms with E-state index in [4.69, 9.17) is 9.47 Å². The first kappa shape index (κ1) is 30.0. The molecule has 222 valence electrons. The Labute approximate surface area is 259 Å². The van der Waals surface area contributed by atoms with Gasteiger partial charge in [-0.1, -0.05) is 58.4 Å². The number of anilines is 3. The maximum Gasteiger partial charge on any atom is 0.339 e. The Morgan fingerprint density at radius 1 is 0.884 bits per heavy atom. The second-order valence-corrected chi connectivity index (χ2v) is 11.1. The number of benzene rings is 4. The van der Waals surface area contributed by atoms with Crippen LogP contribution in [-0.4, -0.2) is 44.3 Å². The van der Waals surface area contributed by atoms with Crippen molar-refractivity contribution >= 4 is 44.9 Å². The fourth-order valence-corrected chi connectivity index (χ4v) is 5.88. The van der Waals surface area contributed by atoms with Gasteiger partial charge in [-0.2, -0.15) is 0 Å². The normalized spacial score (nSPS) is 12.9. The predicted molar refractivity (Wildman–Crippen MR) is 173 cm³/mol. The number of hydrazine groups is 1. The van der Waals surface area contributed by atoms with Crippen LogP contribution in [-0.2, 0) is 11.2 Å². The summed E-state index contributed by atoms with van der Waals surface area (Å²) in [4.78, 5) is 27.7. The fourth-order valence-electron chi connectivity index (χ4n) is 5.40. The van der Waals surface area contributed by atoms with E-state index in [1.165, 1.54) is 19.6 Å². The molecule has 0 radical (unpaired) electrons. The average molecular weight is 645 g/mol. The Hall–Kier alpha value is -4.50. The van der Waals surface area contributed by atoms with Crippen molar-refractivity contribution in [2.75, 3.05) is 37.2 Å². The van der Waals surface area contributed by atoms with Gasteiger partial charge in [0.1, 0.15) is 17.1 Å². The van der Waals surface area contributed by atoms with E-state index in [2.05, 4.69) is 32.3 Å². The zero-order valence-electron chi connectivity index (χ0n) is 24.2. The third-order valence-electron chi connectivity index (χ3n) is 7.53. The summed E-state index contributed by atoms with van der Waals surface area (Å²) in [5.41, 5.74) is 8.30. The van der Waals surface area contributed by atoms with E-state index in [1.54, 1.807) is 18.2 Å². The molecule has 1 aliphatic rings. The molecule has 0 unspecified atom stereocenters. The number of carbonyl (C=O) groups is 2. The zero-order chi connectivity index (χ0) is 30.3. The first-order chi connectivity index (χ1) is 20.9. The van der Waals surface area contributed by atoms with Crippen LogP contribution in [0.5, 0.6) is 11.5 Å². The molecule has 0 saturated carbocycles. The van der Waals surface area contributed by atoms with Gasteiger partial charge in [-0.15, -0.1) is 0 Å². The van der Waals surface area contributed by atoms with Crippen molar-refractivity contribution in [2.45, 2.75) is 25.7 Å². The number of halogens is 1. The summed E-state index contributed by atoms with van der Waals surface area (Å²) in [7, 11) is 3.05. The van der Waals surface area contributed by atoms with Gasteiger partial charge in [0.25, 0.3) is 0 Å². The molecule has 0 atom stereocenters. The Morgan fingerprint density at radius 2 is 1.58 bits per heavy atom. The molecule has 4 aromatic carbocycles. The summed E-state index contributed by atoms with van der Waals surface area (Å²) >= 11 is 3.44. The molecule has 0 aromatic heterocycles. The largest absolute Gasteiger partial charge is 0.496 e. The number of nitrogens with one attached hydrogen (secondary N) is 1. The van der Waals surface area contributed by atoms with Crippen LogP contribution in [0.3, 0.4) is 0 Å². The number of methoxy groups -OCH3 is 2. The van der Waals surface area contributed by atoms with Crippen molar-refractivity contribution in [3.8, 4) is 22.6 Å². The number of rotatable bonds is 10. The molecule has 0 bridgehead atoms. The number of ether oxygens (including phenoxy) is 2. The number of hydrogen-bond donors (Lipinski definition) is 2. The smallest absolute Gasteiger partial charge is 0.339 e. The van der Waals surface area contributed by atoms with Crippen molar-refractivity contribution in [3.63, 3.8) is 0 Å². The number of carbonyl (C=O) groups excluding carboxylic acids is 1. The highest BCUT2D eigenvalue weighted by molar-refractivity contribution is 9.10. The van der Waals surface area contributed by atoms with Crippen molar-refractivity contribution in [1.82, 2.24) is 5.43 Å². The molecular weight excluding hydrogens is 610 g/mol. The minimum Gasteiger partial charge on any atom is -0.496 e. The Bertz CT molecular complexity index is 1610. The Kier molecular flexibility index (Phi) is 9.51. The van der Waals surface area contributed by atoms with Crippen molar-refractivity contribution in [1.29, 1.82) is 0 Å². The zero-order valence-corrected chi connectivity index (χ0v) is 25.8. The number of nitrogens with zero attached hydrogens (tertiary/aromatic N) is 2. The second kappa shape index (κ2) is 13.6. The molecule has 5 rings (SSSR count). The van der Waals surface area contributed by atoms with Gasteiger partial charge in [-0.05, 0) is 66.8 Å². The highest BCUT2D eigenvalue weighted by Crippen LogP contribution is 2.39. The SMILES string of the molecule is COc1cc(CC(=O)NN(c2ccc(-c3ccccc3)c(OC)c2)c2ccccc2N2CCCCC2)c(Br)cc1C(=O)O. The third-order valence-corrected chi connectivity index (χ3v) is 8.27. The van der Waals surface area contributed by atoms with Crippen molar-refractivity contribution < 1.29 is 24.2 Å². The molecule has 1 saturated heterocycles. The van der Waals surface area contributed by atoms with E-state index in [-0.39, 0.29) is 23.6 Å². The summed E-state index contributed by atoms with van der Waals surface area (Å²) in [6.45, 7) is 1.88. The lowest BCUT2D eigenvalue weighted by molar-refractivity contribution is -0.120. The molecule has 1 heterocycles. The van der Waals surface area contributed by atoms with Gasteiger partial charge >= 0.3 is 5.97 Å². The van der Waals surface area contributed by atoms with E-state index in [9.17, 15) is 14.7 Å². The molecule has 1 fully saturated rings. The van der Waals surface area contributed by atoms with E-state index in [1.807, 2.05) is 66.7 Å². The molecular formula is C34H34BrN3O5. The van der Waals surface area contributed by atoms with E-state index in [0.29, 0.717) is 15.8 Å². The summed E-state index contributed by atoms with van der Waals surface area (Å²) in [5.74, 6) is -0.533. The lowest BCUT2D eigenvalue weighted by Gasteiger charge is -2.34. The van der Waals surface area contributed by atoms with Crippen LogP contribution < -0.4 is 24.8 Å². The summed E-state index contributed by atoms with van der Waals surface area (Å²) in [6.07, 6.45) is 3.42. The molecule has 0 aliphatic carbocycles. The van der Waals surface area contributed by atoms with Crippen LogP contribution in [0.15, 0.2) is 89.4 Å². The summed E-state index contributed by atoms with van der Waals surface area (Å²) in [5, 5.41) is 11.3. The average Bonchev–Trinajstić information content (AvgIpc) is 3.05. The van der Waals surface area contributed by atoms with Crippen LogP contribution in [0.1, 0.15) is 35.2 Å². The molecule has 0 spiro atoms. The highest BCUT2D eigenvalue weighted by Gasteiger charge is 2.23. The van der Waals surface area contributed by atoms with Gasteiger partial charge in [0.2, 0.25) is 5.91 Å². The first-order valence-corrected chi connectivity index (χ1v) is 15.0. The standard InChI is InChI=1S/C34H34BrN3O5/c1-42-31-19-24(28(35)22-27(31)34(40)41)20-33(39)36-38(30-14-8-7-13-29(30)37-17-9-4-10-18-37)25-15-16-26(32(21-25)43-2)23-11-5-3-6-12-23/h3,5-8,11-16,19,21-22H,4,9-10,17-18,20H2,1-2H3,(H,36,39)(H,40,41). The maximum atomic E-state index is 13.7. The fraction of sp³-hybridized carbons (Fsp3) is 0.235. The van der Waals surface area contributed by atoms with Crippen LogP contribution in [0, 0.1) is 0 Å². The minimum atomic E-state index is -1.11. The molecule has 8 nitrogen and oxygen atoms in total. The first-order valence-electron chi connectivity index (χ1n) is 14.2. The third kappa shape index (κ3) is 6.78. The number of carboxylic acids is 1. The van der Waals surface area contributed by atoms with Crippen LogP contribution in [0.2, 0.25) is 0 Å². The van der Waals surface area contributed by atoms with Gasteiger partial charge in [-0.25, -0.2) is 4.79 Å². The summed E-state index contributed by atoms with van der Waals surface area (Å²) in [6, 6.07) is 27.0. The molecule has 43 heavy (non-hydrogen) atoms. The van der Waals surface area contributed by atoms with E-state index in [0.717, 1.165) is 54.1 Å². The van der Waals surface area contributed by atoms with E-state index >= 15 is 0 Å². The van der Waals surface area contributed by atoms with Gasteiger partial charge < -0.3 is 19.5 Å². The monoisotopic (exact) mass is 643 g/mol. The van der Waals surface area contributed by atoms with Gasteiger partial charge in [-0.3, -0.25) is 15.2 Å². The van der Waals surface area contributed by atoms with Crippen LogP contribution in [0.4, 0.5) is 17.1 Å². The Balaban J connectivity index is 1.54. The van der Waals surface area contributed by atoms with Crippen LogP contribution in [0.25, 0.3) is 11.1 Å². The molecule has 1 amide bonds. The molecule has 1 aliphatic heterocycles. The number of aromatic carboxylic acids is 1. The lowest BCUT2D eigenvalue weighted by Crippen LogP contribution is -2.41. The number of amides is 1. The van der Waals surface area contributed by atoms with Gasteiger partial charge in [0, 0.05) is 29.2 Å². The number of hydrogen-bond acceptors (Lipinski definition) is 6.